The highest BCUT2D eigenvalue weighted by Crippen LogP contribution is 2.14. The minimum absolute atomic E-state index is 0.141. The molecule has 0 radical (unpaired) electrons. The first-order valence-electron chi connectivity index (χ1n) is 6.10. The molecule has 22 heavy (non-hydrogen) atoms. The first-order chi connectivity index (χ1) is 10.4. The molecule has 0 fully saturated rings. The van der Waals surface area contributed by atoms with Crippen molar-refractivity contribution in [3.8, 4) is 5.88 Å². The van der Waals surface area contributed by atoms with Gasteiger partial charge < -0.3 is 15.2 Å². The van der Waals surface area contributed by atoms with Crippen molar-refractivity contribution in [2.24, 2.45) is 0 Å². The van der Waals surface area contributed by atoms with Gasteiger partial charge >= 0.3 is 5.97 Å². The van der Waals surface area contributed by atoms with Crippen LogP contribution in [0.4, 0.5) is 5.69 Å². The van der Waals surface area contributed by atoms with E-state index in [-0.39, 0.29) is 5.56 Å². The van der Waals surface area contributed by atoms with Gasteiger partial charge in [-0.1, -0.05) is 15.9 Å². The third-order valence-electron chi connectivity index (χ3n) is 2.53. The fourth-order valence-corrected chi connectivity index (χ4v) is 1.86. The molecule has 0 saturated heterocycles. The number of carbonyl (C=O) groups is 2. The summed E-state index contributed by atoms with van der Waals surface area (Å²) in [5, 5.41) is 11.7. The zero-order valence-electron chi connectivity index (χ0n) is 11.1. The summed E-state index contributed by atoms with van der Waals surface area (Å²) in [4.78, 5) is 36.5. The number of esters is 1. The van der Waals surface area contributed by atoms with Crippen molar-refractivity contribution >= 4 is 33.5 Å². The summed E-state index contributed by atoms with van der Waals surface area (Å²) in [6, 6.07) is 8.86. The molecule has 1 heterocycles. The van der Waals surface area contributed by atoms with Gasteiger partial charge in [0.2, 0.25) is 0 Å². The fourth-order valence-electron chi connectivity index (χ4n) is 1.59. The van der Waals surface area contributed by atoms with Gasteiger partial charge in [0.05, 0.1) is 5.56 Å². The number of hydrogen-bond acceptors (Lipinski definition) is 5. The monoisotopic (exact) mass is 366 g/mol. The number of aromatic hydroxyl groups is 1. The lowest BCUT2D eigenvalue weighted by Crippen LogP contribution is -2.21. The standard InChI is InChI=1S/C14H11BrN2O5/c15-9-1-3-10(4-2-9)16-13(20)7-22-14(21)8-5-11(18)17-12(19)6-8/h1-6H,7H2,(H,16,20)(H2,17,18,19). The number of aromatic amines is 1. The molecule has 2 rings (SSSR count). The van der Waals surface area contributed by atoms with Crippen LogP contribution in [0.2, 0.25) is 0 Å². The van der Waals surface area contributed by atoms with Gasteiger partial charge in [0.15, 0.2) is 12.5 Å². The number of rotatable bonds is 4. The highest BCUT2D eigenvalue weighted by atomic mass is 79.9. The number of benzene rings is 1. The van der Waals surface area contributed by atoms with Crippen LogP contribution in [0.15, 0.2) is 45.7 Å². The molecule has 8 heteroatoms. The van der Waals surface area contributed by atoms with Crippen LogP contribution in [0, 0.1) is 0 Å². The third kappa shape index (κ3) is 4.45. The largest absolute Gasteiger partial charge is 0.494 e. The smallest absolute Gasteiger partial charge is 0.339 e. The van der Waals surface area contributed by atoms with E-state index in [1.807, 2.05) is 0 Å². The van der Waals surface area contributed by atoms with Crippen LogP contribution in [-0.4, -0.2) is 28.6 Å². The van der Waals surface area contributed by atoms with Crippen LogP contribution >= 0.6 is 15.9 Å². The highest BCUT2D eigenvalue weighted by molar-refractivity contribution is 9.10. The normalized spacial score (nSPS) is 10.0. The Labute approximate surface area is 133 Å². The quantitative estimate of drug-likeness (QED) is 0.712. The molecule has 0 atom stereocenters. The number of H-pyrrole nitrogens is 1. The Balaban J connectivity index is 1.91. The molecule has 0 bridgehead atoms. The third-order valence-corrected chi connectivity index (χ3v) is 3.06. The van der Waals surface area contributed by atoms with Gasteiger partial charge in [-0.2, -0.15) is 0 Å². The van der Waals surface area contributed by atoms with Crippen molar-refractivity contribution in [3.63, 3.8) is 0 Å². The number of pyridine rings is 1. The van der Waals surface area contributed by atoms with Crippen molar-refractivity contribution in [2.75, 3.05) is 11.9 Å². The molecule has 1 aromatic heterocycles. The summed E-state index contributed by atoms with van der Waals surface area (Å²) in [6.07, 6.45) is 0. The minimum atomic E-state index is -0.882. The van der Waals surface area contributed by atoms with E-state index in [4.69, 9.17) is 4.74 Å². The molecule has 0 aliphatic rings. The Hall–Kier alpha value is -2.61. The van der Waals surface area contributed by atoms with Gasteiger partial charge in [0, 0.05) is 22.3 Å². The van der Waals surface area contributed by atoms with E-state index >= 15 is 0 Å². The maximum absolute atomic E-state index is 11.7. The van der Waals surface area contributed by atoms with Crippen molar-refractivity contribution < 1.29 is 19.4 Å². The lowest BCUT2D eigenvalue weighted by Gasteiger charge is -2.06. The van der Waals surface area contributed by atoms with Crippen molar-refractivity contribution in [1.29, 1.82) is 0 Å². The fraction of sp³-hybridized carbons (Fsp3) is 0.0714. The lowest BCUT2D eigenvalue weighted by atomic mass is 10.3. The van der Waals surface area contributed by atoms with E-state index in [1.165, 1.54) is 0 Å². The van der Waals surface area contributed by atoms with Crippen molar-refractivity contribution in [3.05, 3.63) is 56.8 Å². The number of halogens is 1. The van der Waals surface area contributed by atoms with E-state index in [2.05, 4.69) is 26.2 Å². The van der Waals surface area contributed by atoms with Crippen molar-refractivity contribution in [1.82, 2.24) is 4.98 Å². The molecule has 2 aromatic rings. The Bertz CT molecular complexity index is 755. The number of ether oxygens (including phenoxy) is 1. The van der Waals surface area contributed by atoms with E-state index < -0.39 is 29.9 Å². The Morgan fingerprint density at radius 3 is 2.55 bits per heavy atom. The predicted octanol–water partition coefficient (Wildman–Crippen LogP) is 1.64. The molecule has 0 aliphatic carbocycles. The highest BCUT2D eigenvalue weighted by Gasteiger charge is 2.12. The first kappa shape index (κ1) is 15.8. The molecule has 3 N–H and O–H groups in total. The number of hydrogen-bond donors (Lipinski definition) is 3. The van der Waals surface area contributed by atoms with Crippen LogP contribution in [0.25, 0.3) is 0 Å². The second kappa shape index (κ2) is 6.90. The molecule has 7 nitrogen and oxygen atoms in total. The van der Waals surface area contributed by atoms with E-state index in [0.29, 0.717) is 5.69 Å². The number of aromatic nitrogens is 1. The van der Waals surface area contributed by atoms with Crippen LogP contribution in [0.1, 0.15) is 10.4 Å². The zero-order chi connectivity index (χ0) is 16.1. The molecule has 0 unspecified atom stereocenters. The van der Waals surface area contributed by atoms with Crippen LogP contribution < -0.4 is 10.9 Å². The Morgan fingerprint density at radius 2 is 1.91 bits per heavy atom. The maximum Gasteiger partial charge on any atom is 0.339 e. The lowest BCUT2D eigenvalue weighted by molar-refractivity contribution is -0.119. The maximum atomic E-state index is 11.7. The van der Waals surface area contributed by atoms with E-state index in [1.54, 1.807) is 24.3 Å². The summed E-state index contributed by atoms with van der Waals surface area (Å²) in [5.41, 5.74) is -0.234. The SMILES string of the molecule is O=C(COC(=O)c1cc(O)[nH]c(=O)c1)Nc1ccc(Br)cc1. The summed E-state index contributed by atoms with van der Waals surface area (Å²) < 4.78 is 5.64. The second-order valence-electron chi connectivity index (χ2n) is 4.25. The molecule has 0 saturated carbocycles. The summed E-state index contributed by atoms with van der Waals surface area (Å²) in [7, 11) is 0. The average Bonchev–Trinajstić information content (AvgIpc) is 2.46. The number of carbonyl (C=O) groups excluding carboxylic acids is 2. The molecular weight excluding hydrogens is 356 g/mol. The van der Waals surface area contributed by atoms with Gasteiger partial charge in [0.1, 0.15) is 0 Å². The molecular formula is C14H11BrN2O5. The molecule has 114 valence electrons. The summed E-state index contributed by atoms with van der Waals surface area (Å²) >= 11 is 3.27. The summed E-state index contributed by atoms with van der Waals surface area (Å²) in [5.74, 6) is -1.86. The van der Waals surface area contributed by atoms with E-state index in [0.717, 1.165) is 16.6 Å². The van der Waals surface area contributed by atoms with Crippen LogP contribution in [0.5, 0.6) is 5.88 Å². The average molecular weight is 367 g/mol. The Morgan fingerprint density at radius 1 is 1.23 bits per heavy atom. The molecule has 0 aliphatic heterocycles. The second-order valence-corrected chi connectivity index (χ2v) is 5.17. The van der Waals surface area contributed by atoms with Gasteiger partial charge in [0.25, 0.3) is 11.5 Å². The van der Waals surface area contributed by atoms with Gasteiger partial charge in [-0.05, 0) is 24.3 Å². The zero-order valence-corrected chi connectivity index (χ0v) is 12.7. The molecule has 1 aromatic carbocycles. The van der Waals surface area contributed by atoms with E-state index in [9.17, 15) is 19.5 Å². The summed E-state index contributed by atoms with van der Waals surface area (Å²) in [6.45, 7) is -0.511. The van der Waals surface area contributed by atoms with Gasteiger partial charge in [-0.3, -0.25) is 14.6 Å². The molecule has 0 spiro atoms. The first-order valence-corrected chi connectivity index (χ1v) is 6.89. The topological polar surface area (TPSA) is 108 Å². The van der Waals surface area contributed by atoms with Gasteiger partial charge in [-0.25, -0.2) is 4.79 Å². The Kier molecular flexibility index (Phi) is 4.95. The van der Waals surface area contributed by atoms with Gasteiger partial charge in [-0.15, -0.1) is 0 Å². The van der Waals surface area contributed by atoms with Crippen LogP contribution in [-0.2, 0) is 9.53 Å². The number of anilines is 1. The number of amides is 1. The van der Waals surface area contributed by atoms with Crippen LogP contribution in [0.3, 0.4) is 0 Å². The van der Waals surface area contributed by atoms with Crippen molar-refractivity contribution in [2.45, 2.75) is 0 Å². The molecule has 1 amide bonds. The minimum Gasteiger partial charge on any atom is -0.494 e. The predicted molar refractivity (Wildman–Crippen MR) is 81.8 cm³/mol. The number of nitrogens with one attached hydrogen (secondary N) is 2.